The largest absolute Gasteiger partial charge is 0.182 e. The zero-order valence-corrected chi connectivity index (χ0v) is 27.5. The molecule has 1 aliphatic heterocycles. The molecule has 0 atom stereocenters. The average molecular weight is 595 g/mol. The first kappa shape index (κ1) is 28.8. The van der Waals surface area contributed by atoms with Gasteiger partial charge in [0.1, 0.15) is 0 Å². The normalized spacial score (nSPS) is 14.2. The van der Waals surface area contributed by atoms with E-state index in [1.54, 1.807) is 0 Å². The third-order valence-corrected chi connectivity index (χ3v) is 14.5. The molecule has 0 nitrogen and oxygen atoms in total. The van der Waals surface area contributed by atoms with Crippen LogP contribution in [-0.2, 0) is 0 Å². The standard InChI is InChI=1S/C44H38Si/c1-31-19-11-15-27-37(31)41-42(38-28-16-12-20-32(38)2)44(40-30-18-14-22-34(40)4)45(35-23-7-5-8-24-35,36-25-9-6-10-26-36)43(41)39-29-17-13-21-33(39)3/h5-30H,1-4H3. The van der Waals surface area contributed by atoms with E-state index in [2.05, 4.69) is 185 Å². The molecule has 218 valence electrons. The van der Waals surface area contributed by atoms with Gasteiger partial charge in [0.15, 0.2) is 8.07 Å². The maximum absolute atomic E-state index is 2.97. The molecule has 0 saturated heterocycles. The quantitative estimate of drug-likeness (QED) is 0.168. The fraction of sp³-hybridized carbons (Fsp3) is 0.0909. The fourth-order valence-corrected chi connectivity index (χ4v) is 13.3. The van der Waals surface area contributed by atoms with Crippen molar-refractivity contribution in [3.8, 4) is 0 Å². The van der Waals surface area contributed by atoms with Crippen LogP contribution in [-0.4, -0.2) is 8.07 Å². The molecule has 0 spiro atoms. The molecular weight excluding hydrogens is 557 g/mol. The van der Waals surface area contributed by atoms with Crippen LogP contribution in [0.25, 0.3) is 21.5 Å². The number of aryl methyl sites for hydroxylation is 4. The van der Waals surface area contributed by atoms with E-state index in [0.717, 1.165) is 0 Å². The summed E-state index contributed by atoms with van der Waals surface area (Å²) < 4.78 is 0. The van der Waals surface area contributed by atoms with Crippen LogP contribution in [0.1, 0.15) is 44.5 Å². The number of benzene rings is 6. The summed E-state index contributed by atoms with van der Waals surface area (Å²) in [5, 5.41) is 5.76. The highest BCUT2D eigenvalue weighted by Crippen LogP contribution is 2.56. The second-order valence-corrected chi connectivity index (χ2v) is 15.9. The van der Waals surface area contributed by atoms with Gasteiger partial charge in [-0.05, 0) is 104 Å². The predicted molar refractivity (Wildman–Crippen MR) is 196 cm³/mol. The summed E-state index contributed by atoms with van der Waals surface area (Å²) >= 11 is 0. The lowest BCUT2D eigenvalue weighted by Gasteiger charge is -2.37. The summed E-state index contributed by atoms with van der Waals surface area (Å²) in [6.07, 6.45) is 0. The van der Waals surface area contributed by atoms with Crippen molar-refractivity contribution < 1.29 is 0 Å². The molecule has 6 aromatic rings. The molecule has 0 bridgehead atoms. The molecule has 0 radical (unpaired) electrons. The van der Waals surface area contributed by atoms with E-state index in [0.29, 0.717) is 0 Å². The average Bonchev–Trinajstić information content (AvgIpc) is 3.38. The van der Waals surface area contributed by atoms with Crippen molar-refractivity contribution in [2.24, 2.45) is 0 Å². The van der Waals surface area contributed by atoms with Crippen LogP contribution in [0.3, 0.4) is 0 Å². The lowest BCUT2D eigenvalue weighted by atomic mass is 9.85. The van der Waals surface area contributed by atoms with Crippen molar-refractivity contribution in [3.05, 3.63) is 202 Å². The Morgan fingerprint density at radius 2 is 0.556 bits per heavy atom. The third-order valence-electron chi connectivity index (χ3n) is 9.57. The zero-order chi connectivity index (χ0) is 31.0. The van der Waals surface area contributed by atoms with E-state index in [1.807, 2.05) is 0 Å². The van der Waals surface area contributed by atoms with Gasteiger partial charge in [-0.15, -0.1) is 0 Å². The Hall–Kier alpha value is -4.98. The number of hydrogen-bond donors (Lipinski definition) is 0. The Morgan fingerprint density at radius 1 is 0.289 bits per heavy atom. The topological polar surface area (TPSA) is 0 Å². The van der Waals surface area contributed by atoms with Gasteiger partial charge in [0.05, 0.1) is 0 Å². The molecule has 1 heteroatoms. The van der Waals surface area contributed by atoms with E-state index in [1.165, 1.54) is 76.4 Å². The zero-order valence-electron chi connectivity index (χ0n) is 26.5. The Balaban J connectivity index is 1.84. The maximum Gasteiger partial charge on any atom is 0.182 e. The number of allylic oxidation sites excluding steroid dienone is 2. The van der Waals surface area contributed by atoms with Gasteiger partial charge >= 0.3 is 0 Å². The molecule has 45 heavy (non-hydrogen) atoms. The van der Waals surface area contributed by atoms with Crippen molar-refractivity contribution in [1.29, 1.82) is 0 Å². The minimum Gasteiger partial charge on any atom is -0.0623 e. The van der Waals surface area contributed by atoms with E-state index in [9.17, 15) is 0 Å². The molecule has 1 aliphatic rings. The highest BCUT2D eigenvalue weighted by Gasteiger charge is 2.53. The summed E-state index contributed by atoms with van der Waals surface area (Å²) in [5.41, 5.74) is 13.2. The van der Waals surface area contributed by atoms with Crippen molar-refractivity contribution in [1.82, 2.24) is 0 Å². The Bertz CT molecular complexity index is 1930. The molecule has 0 amide bonds. The predicted octanol–water partition coefficient (Wildman–Crippen LogP) is 9.80. The van der Waals surface area contributed by atoms with Gasteiger partial charge in [0, 0.05) is 0 Å². The maximum atomic E-state index is 2.39. The summed E-state index contributed by atoms with van der Waals surface area (Å²) in [4.78, 5) is 0. The minimum absolute atomic E-state index is 1.29. The fourth-order valence-electron chi connectivity index (χ4n) is 7.50. The smallest absolute Gasteiger partial charge is 0.0623 e. The molecule has 7 rings (SSSR count). The SMILES string of the molecule is Cc1ccccc1C1=C(c2ccccc2C)[Si](c2ccccc2)(c2ccccc2)C(c2ccccc2C)=C1c1ccccc1C. The van der Waals surface area contributed by atoms with Crippen LogP contribution in [0.4, 0.5) is 0 Å². The van der Waals surface area contributed by atoms with Crippen LogP contribution < -0.4 is 10.4 Å². The first-order chi connectivity index (χ1) is 22.0. The van der Waals surface area contributed by atoms with Crippen LogP contribution in [0, 0.1) is 27.7 Å². The van der Waals surface area contributed by atoms with E-state index < -0.39 is 8.07 Å². The molecule has 0 fully saturated rings. The van der Waals surface area contributed by atoms with E-state index >= 15 is 0 Å². The van der Waals surface area contributed by atoms with E-state index in [-0.39, 0.29) is 0 Å². The highest BCUT2D eigenvalue weighted by atomic mass is 28.3. The Morgan fingerprint density at radius 3 is 0.867 bits per heavy atom. The van der Waals surface area contributed by atoms with Crippen LogP contribution in [0.5, 0.6) is 0 Å². The van der Waals surface area contributed by atoms with Gasteiger partial charge in [-0.3, -0.25) is 0 Å². The lowest BCUT2D eigenvalue weighted by molar-refractivity contribution is 1.40. The van der Waals surface area contributed by atoms with Gasteiger partial charge < -0.3 is 0 Å². The van der Waals surface area contributed by atoms with Gasteiger partial charge in [-0.25, -0.2) is 0 Å². The minimum atomic E-state index is -2.97. The van der Waals surface area contributed by atoms with Crippen LogP contribution in [0.2, 0.25) is 0 Å². The van der Waals surface area contributed by atoms with Crippen molar-refractivity contribution in [3.63, 3.8) is 0 Å². The number of hydrogen-bond acceptors (Lipinski definition) is 0. The lowest BCUT2D eigenvalue weighted by Crippen LogP contribution is -2.59. The van der Waals surface area contributed by atoms with Crippen molar-refractivity contribution in [2.45, 2.75) is 27.7 Å². The van der Waals surface area contributed by atoms with Crippen molar-refractivity contribution >= 4 is 40.0 Å². The molecule has 1 heterocycles. The first-order valence-electron chi connectivity index (χ1n) is 15.9. The summed E-state index contributed by atoms with van der Waals surface area (Å²) in [5.74, 6) is 0. The van der Waals surface area contributed by atoms with E-state index in [4.69, 9.17) is 0 Å². The molecule has 0 unspecified atom stereocenters. The first-order valence-corrected chi connectivity index (χ1v) is 17.9. The van der Waals surface area contributed by atoms with Gasteiger partial charge in [-0.1, -0.05) is 158 Å². The summed E-state index contributed by atoms with van der Waals surface area (Å²) in [7, 11) is -2.97. The summed E-state index contributed by atoms with van der Waals surface area (Å²) in [6.45, 7) is 9.11. The van der Waals surface area contributed by atoms with Gasteiger partial charge in [-0.2, -0.15) is 0 Å². The molecule has 0 saturated carbocycles. The monoisotopic (exact) mass is 594 g/mol. The van der Waals surface area contributed by atoms with Gasteiger partial charge in [0.25, 0.3) is 0 Å². The second-order valence-electron chi connectivity index (χ2n) is 12.2. The van der Waals surface area contributed by atoms with Crippen LogP contribution in [0.15, 0.2) is 158 Å². The Labute approximate surface area is 269 Å². The molecular formula is C44H38Si. The Kier molecular flexibility index (Phi) is 7.57. The molecule has 0 aliphatic carbocycles. The third kappa shape index (κ3) is 4.67. The molecule has 0 aromatic heterocycles. The number of rotatable bonds is 6. The molecule has 6 aromatic carbocycles. The van der Waals surface area contributed by atoms with Crippen molar-refractivity contribution in [2.75, 3.05) is 0 Å². The second kappa shape index (κ2) is 11.8. The highest BCUT2D eigenvalue weighted by molar-refractivity contribution is 7.29. The van der Waals surface area contributed by atoms with Crippen LogP contribution >= 0.6 is 0 Å². The summed E-state index contributed by atoms with van der Waals surface area (Å²) in [6, 6.07) is 58.9. The molecule has 0 N–H and O–H groups in total. The van der Waals surface area contributed by atoms with Gasteiger partial charge in [0.2, 0.25) is 0 Å².